The van der Waals surface area contributed by atoms with E-state index in [-0.39, 0.29) is 0 Å². The minimum atomic E-state index is 0.598. The van der Waals surface area contributed by atoms with Gasteiger partial charge in [-0.15, -0.1) is 0 Å². The number of fused-ring (bicyclic) bond motifs is 1. The van der Waals surface area contributed by atoms with E-state index in [2.05, 4.69) is 57.2 Å². The lowest BCUT2D eigenvalue weighted by Crippen LogP contribution is -2.09. The van der Waals surface area contributed by atoms with E-state index >= 15 is 0 Å². The fourth-order valence-electron chi connectivity index (χ4n) is 3.29. The van der Waals surface area contributed by atoms with Crippen LogP contribution in [0.3, 0.4) is 0 Å². The molecule has 5 nitrogen and oxygen atoms in total. The van der Waals surface area contributed by atoms with E-state index in [1.54, 1.807) is 13.4 Å². The lowest BCUT2D eigenvalue weighted by molar-refractivity contribution is 0.210. The molecule has 0 saturated carbocycles. The summed E-state index contributed by atoms with van der Waals surface area (Å²) in [4.78, 5) is 9.08. The highest BCUT2D eigenvalue weighted by molar-refractivity contribution is 6.30. The van der Waals surface area contributed by atoms with Gasteiger partial charge in [-0.05, 0) is 42.3 Å². The fraction of sp³-hybridized carbons (Fsp3) is 0.182. The van der Waals surface area contributed by atoms with Crippen LogP contribution in [-0.4, -0.2) is 34.8 Å². The summed E-state index contributed by atoms with van der Waals surface area (Å²) in [5, 5.41) is 5.05. The van der Waals surface area contributed by atoms with E-state index in [1.807, 2.05) is 24.3 Å². The smallest absolute Gasteiger partial charge is 0.150 e. The Bertz CT molecular complexity index is 1110. The second-order valence-corrected chi connectivity index (χ2v) is 7.04. The van der Waals surface area contributed by atoms with Crippen LogP contribution in [0.1, 0.15) is 5.56 Å². The molecule has 2 heterocycles. The predicted molar refractivity (Wildman–Crippen MR) is 114 cm³/mol. The number of anilines is 1. The summed E-state index contributed by atoms with van der Waals surface area (Å²) in [5.41, 5.74) is 5.22. The number of aromatic nitrogens is 3. The van der Waals surface area contributed by atoms with Gasteiger partial charge in [-0.3, -0.25) is 0 Å². The molecule has 4 aromatic rings. The first kappa shape index (κ1) is 18.5. The van der Waals surface area contributed by atoms with Gasteiger partial charge in [0.25, 0.3) is 0 Å². The third-order valence-electron chi connectivity index (χ3n) is 4.62. The van der Waals surface area contributed by atoms with Crippen molar-refractivity contribution >= 4 is 28.5 Å². The lowest BCUT2D eigenvalue weighted by atomic mass is 10.1. The van der Waals surface area contributed by atoms with Crippen molar-refractivity contribution in [2.75, 3.05) is 25.6 Å². The zero-order valence-corrected chi connectivity index (χ0v) is 16.6. The average Bonchev–Trinajstić information content (AvgIpc) is 3.09. The number of benzene rings is 2. The monoisotopic (exact) mass is 392 g/mol. The zero-order chi connectivity index (χ0) is 19.5. The molecule has 2 aromatic heterocycles. The molecule has 0 aliphatic heterocycles. The summed E-state index contributed by atoms with van der Waals surface area (Å²) in [5.74, 6) is 0.790. The maximum Gasteiger partial charge on any atom is 0.150 e. The van der Waals surface area contributed by atoms with Gasteiger partial charge < -0.3 is 14.6 Å². The SMILES string of the molecule is COCCNc1ncnc2c1c(-c1ccc(Cl)cc1)cn2-c1cccc(C)c1. The maximum absolute atomic E-state index is 6.10. The Balaban J connectivity index is 1.94. The Hall–Kier alpha value is -2.89. The summed E-state index contributed by atoms with van der Waals surface area (Å²) in [6, 6.07) is 16.2. The Morgan fingerprint density at radius 3 is 2.68 bits per heavy atom. The first-order valence-electron chi connectivity index (χ1n) is 9.09. The number of rotatable bonds is 6. The summed E-state index contributed by atoms with van der Waals surface area (Å²) in [7, 11) is 1.69. The van der Waals surface area contributed by atoms with Crippen LogP contribution in [0.4, 0.5) is 5.82 Å². The van der Waals surface area contributed by atoms with Crippen LogP contribution in [0.5, 0.6) is 0 Å². The van der Waals surface area contributed by atoms with E-state index in [0.717, 1.165) is 33.7 Å². The molecular formula is C22H21ClN4O. The molecule has 0 fully saturated rings. The first-order valence-corrected chi connectivity index (χ1v) is 9.47. The van der Waals surface area contributed by atoms with Crippen molar-refractivity contribution in [3.8, 4) is 16.8 Å². The molecule has 0 saturated heterocycles. The highest BCUT2D eigenvalue weighted by Gasteiger charge is 2.17. The third kappa shape index (κ3) is 3.59. The molecule has 6 heteroatoms. The van der Waals surface area contributed by atoms with Crippen LogP contribution in [0, 0.1) is 6.92 Å². The third-order valence-corrected chi connectivity index (χ3v) is 4.87. The molecule has 0 amide bonds. The topological polar surface area (TPSA) is 52.0 Å². The number of ether oxygens (including phenoxy) is 1. The number of methoxy groups -OCH3 is 1. The Labute approximate surface area is 169 Å². The first-order chi connectivity index (χ1) is 13.7. The summed E-state index contributed by atoms with van der Waals surface area (Å²) in [6.45, 7) is 3.35. The van der Waals surface area contributed by atoms with E-state index in [1.165, 1.54) is 5.56 Å². The quantitative estimate of drug-likeness (QED) is 0.463. The normalized spacial score (nSPS) is 11.1. The van der Waals surface area contributed by atoms with Gasteiger partial charge in [0, 0.05) is 36.1 Å². The number of halogens is 1. The lowest BCUT2D eigenvalue weighted by Gasteiger charge is -2.08. The largest absolute Gasteiger partial charge is 0.383 e. The molecule has 0 aliphatic carbocycles. The van der Waals surface area contributed by atoms with Crippen molar-refractivity contribution in [3.05, 3.63) is 71.6 Å². The van der Waals surface area contributed by atoms with Crippen molar-refractivity contribution in [1.82, 2.24) is 14.5 Å². The van der Waals surface area contributed by atoms with Crippen LogP contribution in [0.2, 0.25) is 5.02 Å². The maximum atomic E-state index is 6.10. The zero-order valence-electron chi connectivity index (χ0n) is 15.8. The minimum Gasteiger partial charge on any atom is -0.383 e. The van der Waals surface area contributed by atoms with E-state index < -0.39 is 0 Å². The van der Waals surface area contributed by atoms with Crippen LogP contribution >= 0.6 is 11.6 Å². The summed E-state index contributed by atoms with van der Waals surface area (Å²) >= 11 is 6.10. The number of nitrogens with one attached hydrogen (secondary N) is 1. The van der Waals surface area contributed by atoms with Crippen molar-refractivity contribution in [2.45, 2.75) is 6.92 Å². The molecule has 0 radical (unpaired) electrons. The van der Waals surface area contributed by atoms with Gasteiger partial charge in [-0.25, -0.2) is 9.97 Å². The van der Waals surface area contributed by atoms with Crippen molar-refractivity contribution in [3.63, 3.8) is 0 Å². The Kier molecular flexibility index (Phi) is 5.28. The molecule has 1 N–H and O–H groups in total. The molecule has 142 valence electrons. The molecule has 4 rings (SSSR count). The second kappa shape index (κ2) is 8.00. The molecule has 2 aromatic carbocycles. The van der Waals surface area contributed by atoms with Gasteiger partial charge in [-0.2, -0.15) is 0 Å². The summed E-state index contributed by atoms with van der Waals surface area (Å²) in [6.07, 6.45) is 3.70. The Morgan fingerprint density at radius 1 is 1.11 bits per heavy atom. The molecular weight excluding hydrogens is 372 g/mol. The highest BCUT2D eigenvalue weighted by atomic mass is 35.5. The molecule has 0 unspecified atom stereocenters. The van der Waals surface area contributed by atoms with Gasteiger partial charge in [0.05, 0.1) is 12.0 Å². The van der Waals surface area contributed by atoms with Gasteiger partial charge >= 0.3 is 0 Å². The Morgan fingerprint density at radius 2 is 1.93 bits per heavy atom. The average molecular weight is 393 g/mol. The molecule has 28 heavy (non-hydrogen) atoms. The number of aryl methyl sites for hydroxylation is 1. The van der Waals surface area contributed by atoms with Crippen LogP contribution in [0.25, 0.3) is 27.8 Å². The van der Waals surface area contributed by atoms with Gasteiger partial charge in [0.2, 0.25) is 0 Å². The molecule has 0 spiro atoms. The minimum absolute atomic E-state index is 0.598. The van der Waals surface area contributed by atoms with Crippen molar-refractivity contribution in [2.24, 2.45) is 0 Å². The highest BCUT2D eigenvalue weighted by Crippen LogP contribution is 2.35. The fourth-order valence-corrected chi connectivity index (χ4v) is 3.42. The predicted octanol–water partition coefficient (Wildman–Crippen LogP) is 5.11. The molecule has 0 bridgehead atoms. The van der Waals surface area contributed by atoms with Crippen molar-refractivity contribution < 1.29 is 4.74 Å². The van der Waals surface area contributed by atoms with E-state index in [4.69, 9.17) is 16.3 Å². The number of hydrogen-bond donors (Lipinski definition) is 1. The molecule has 0 atom stereocenters. The molecule has 0 aliphatic rings. The van der Waals surface area contributed by atoms with Gasteiger partial charge in [0.15, 0.2) is 5.65 Å². The van der Waals surface area contributed by atoms with E-state index in [0.29, 0.717) is 18.2 Å². The standard InChI is InChI=1S/C22H21ClN4O/c1-15-4-3-5-18(12-15)27-13-19(16-6-8-17(23)9-7-16)20-21(24-10-11-28-2)25-14-26-22(20)27/h3-9,12-14H,10-11H2,1-2H3,(H,24,25,26). The van der Waals surface area contributed by atoms with Gasteiger partial charge in [0.1, 0.15) is 12.1 Å². The number of nitrogens with zero attached hydrogens (tertiary/aromatic N) is 3. The van der Waals surface area contributed by atoms with Gasteiger partial charge in [-0.1, -0.05) is 35.9 Å². The van der Waals surface area contributed by atoms with E-state index in [9.17, 15) is 0 Å². The second-order valence-electron chi connectivity index (χ2n) is 6.60. The van der Waals surface area contributed by atoms with Crippen molar-refractivity contribution in [1.29, 1.82) is 0 Å². The van der Waals surface area contributed by atoms with Crippen LogP contribution in [-0.2, 0) is 4.74 Å². The number of hydrogen-bond acceptors (Lipinski definition) is 4. The van der Waals surface area contributed by atoms with Crippen LogP contribution in [0.15, 0.2) is 61.1 Å². The summed E-state index contributed by atoms with van der Waals surface area (Å²) < 4.78 is 7.27. The van der Waals surface area contributed by atoms with Crippen LogP contribution < -0.4 is 5.32 Å².